The Labute approximate surface area is 173 Å². The highest BCUT2D eigenvalue weighted by Crippen LogP contribution is 2.41. The summed E-state index contributed by atoms with van der Waals surface area (Å²) >= 11 is 0. The van der Waals surface area contributed by atoms with Crippen molar-refractivity contribution in [2.24, 2.45) is 0 Å². The Kier molecular flexibility index (Phi) is 10.7. The van der Waals surface area contributed by atoms with Gasteiger partial charge in [-0.05, 0) is 0 Å². The quantitative estimate of drug-likeness (QED) is 0.139. The molecule has 1 rings (SSSR count). The van der Waals surface area contributed by atoms with Gasteiger partial charge >= 0.3 is 22.8 Å². The normalized spacial score (nSPS) is 22.7. The van der Waals surface area contributed by atoms with Gasteiger partial charge in [0.25, 0.3) is 0 Å². The third-order valence-electron chi connectivity index (χ3n) is 4.63. The molecule has 3 unspecified atom stereocenters. The van der Waals surface area contributed by atoms with Gasteiger partial charge in [0.15, 0.2) is 17.5 Å². The molecule has 1 aliphatic heterocycles. The summed E-state index contributed by atoms with van der Waals surface area (Å²) in [5, 5.41) is 29.1. The molecule has 9 N–H and O–H groups in total. The van der Waals surface area contributed by atoms with Crippen molar-refractivity contribution in [1.29, 1.82) is 0 Å². The summed E-state index contributed by atoms with van der Waals surface area (Å²) in [4.78, 5) is 58.9. The number of aliphatic hydroxyl groups is 3. The first-order chi connectivity index (χ1) is 13.5. The lowest BCUT2D eigenvalue weighted by molar-refractivity contribution is 0.117. The third-order valence-corrected chi connectivity index (χ3v) is 7.45. The summed E-state index contributed by atoms with van der Waals surface area (Å²) < 4.78 is 33.7. The molecule has 0 spiro atoms. The SMILES string of the molecule is O=P(O)(O)C(O)CN1CCN(CC(O)P(=O)(O)O)CCN(CC(O)P(=O)(O)O)CC1. The molecule has 0 bridgehead atoms. The van der Waals surface area contributed by atoms with E-state index in [2.05, 4.69) is 0 Å². The maximum atomic E-state index is 11.2. The summed E-state index contributed by atoms with van der Waals surface area (Å²) in [7, 11) is -14.3. The first-order valence-corrected chi connectivity index (χ1v) is 13.9. The number of aliphatic hydroxyl groups excluding tert-OH is 3. The maximum absolute atomic E-state index is 11.2. The highest BCUT2D eigenvalue weighted by atomic mass is 31.2. The average Bonchev–Trinajstić information content (AvgIpc) is 2.65. The summed E-state index contributed by atoms with van der Waals surface area (Å²) in [6.07, 6.45) is 0. The van der Waals surface area contributed by atoms with Gasteiger partial charge in [-0.2, -0.15) is 0 Å². The van der Waals surface area contributed by atoms with Crippen LogP contribution in [0.15, 0.2) is 0 Å². The van der Waals surface area contributed by atoms with Gasteiger partial charge in [0.2, 0.25) is 0 Å². The third kappa shape index (κ3) is 10.2. The second-order valence-electron chi connectivity index (χ2n) is 7.11. The van der Waals surface area contributed by atoms with E-state index in [1.807, 2.05) is 0 Å². The molecular weight excluding hydrogens is 471 g/mol. The van der Waals surface area contributed by atoms with Gasteiger partial charge in [-0.3, -0.25) is 28.4 Å². The lowest BCUT2D eigenvalue weighted by Gasteiger charge is -2.28. The van der Waals surface area contributed by atoms with Gasteiger partial charge < -0.3 is 44.7 Å². The highest BCUT2D eigenvalue weighted by Gasteiger charge is 2.33. The predicted molar refractivity (Wildman–Crippen MR) is 103 cm³/mol. The Balaban J connectivity index is 2.94. The standard InChI is InChI=1S/C12H30N3O12P3/c16-10(28(19,20)21)7-13-1-2-14(8-11(17)29(22,23)24)5-6-15(4-3-13)9-12(18)30(25,26)27/h10-12,16-18H,1-9H2,(H2,19,20,21)(H2,22,23,24)(H2,25,26,27). The van der Waals surface area contributed by atoms with Crippen molar-refractivity contribution >= 4 is 22.8 Å². The van der Waals surface area contributed by atoms with E-state index in [0.717, 1.165) is 0 Å². The van der Waals surface area contributed by atoms with E-state index in [9.17, 15) is 29.0 Å². The van der Waals surface area contributed by atoms with Crippen molar-refractivity contribution in [1.82, 2.24) is 14.7 Å². The Bertz CT molecular complexity index is 578. The first kappa shape index (κ1) is 28.2. The van der Waals surface area contributed by atoms with E-state index in [4.69, 9.17) is 29.4 Å². The van der Waals surface area contributed by atoms with Gasteiger partial charge in [0.1, 0.15) is 0 Å². The lowest BCUT2D eigenvalue weighted by Crippen LogP contribution is -2.41. The Morgan fingerprint density at radius 2 is 0.667 bits per heavy atom. The first-order valence-electron chi connectivity index (χ1n) is 8.87. The molecule has 0 aromatic heterocycles. The van der Waals surface area contributed by atoms with E-state index in [-0.39, 0.29) is 39.3 Å². The Morgan fingerprint density at radius 3 is 0.800 bits per heavy atom. The molecule has 1 heterocycles. The molecule has 180 valence electrons. The van der Waals surface area contributed by atoms with Crippen molar-refractivity contribution in [3.8, 4) is 0 Å². The minimum Gasteiger partial charge on any atom is -0.379 e. The smallest absolute Gasteiger partial charge is 0.355 e. The molecule has 0 aromatic rings. The number of β-amino-alcohol motifs (C(OH)–C–C–N with tert-alkyl or cyclic N) is 3. The second kappa shape index (κ2) is 11.4. The molecule has 18 heteroatoms. The zero-order valence-electron chi connectivity index (χ0n) is 16.0. The molecule has 0 saturated carbocycles. The summed E-state index contributed by atoms with van der Waals surface area (Å²) in [6.45, 7) is -0.519. The fourth-order valence-corrected chi connectivity index (χ4v) is 4.07. The molecular formula is C12H30N3O12P3. The summed E-state index contributed by atoms with van der Waals surface area (Å²) in [6, 6.07) is 0. The minimum absolute atomic E-state index is 0.125. The number of hydrogen-bond acceptors (Lipinski definition) is 9. The molecule has 1 fully saturated rings. The van der Waals surface area contributed by atoms with Crippen LogP contribution in [0.1, 0.15) is 0 Å². The van der Waals surface area contributed by atoms with Crippen LogP contribution in [-0.2, 0) is 13.7 Å². The second-order valence-corrected chi connectivity index (χ2v) is 12.4. The van der Waals surface area contributed by atoms with Crippen LogP contribution in [0.2, 0.25) is 0 Å². The molecule has 3 atom stereocenters. The molecule has 1 saturated heterocycles. The average molecular weight is 501 g/mol. The minimum atomic E-state index is -4.78. The van der Waals surface area contributed by atoms with Crippen LogP contribution in [0.3, 0.4) is 0 Å². The number of hydrogen-bond donors (Lipinski definition) is 9. The van der Waals surface area contributed by atoms with Crippen LogP contribution in [0, 0.1) is 0 Å². The summed E-state index contributed by atoms with van der Waals surface area (Å²) in [5.41, 5.74) is 0. The fourth-order valence-electron chi connectivity index (χ4n) is 2.74. The van der Waals surface area contributed by atoms with Crippen molar-refractivity contribution in [3.63, 3.8) is 0 Å². The Hall–Kier alpha value is 0.210. The van der Waals surface area contributed by atoms with E-state index >= 15 is 0 Å². The number of nitrogens with zero attached hydrogens (tertiary/aromatic N) is 3. The van der Waals surface area contributed by atoms with Crippen LogP contribution in [0.4, 0.5) is 0 Å². The molecule has 30 heavy (non-hydrogen) atoms. The van der Waals surface area contributed by atoms with Crippen LogP contribution in [0.25, 0.3) is 0 Å². The maximum Gasteiger partial charge on any atom is 0.355 e. The summed E-state index contributed by atoms with van der Waals surface area (Å²) in [5.74, 6) is -5.91. The Morgan fingerprint density at radius 1 is 0.500 bits per heavy atom. The van der Waals surface area contributed by atoms with Gasteiger partial charge in [0.05, 0.1) is 0 Å². The van der Waals surface area contributed by atoms with E-state index in [0.29, 0.717) is 0 Å². The van der Waals surface area contributed by atoms with Crippen molar-refractivity contribution in [2.75, 3.05) is 58.9 Å². The molecule has 0 aromatic carbocycles. The predicted octanol–water partition coefficient (Wildman–Crippen LogP) is -3.61. The van der Waals surface area contributed by atoms with Gasteiger partial charge in [0, 0.05) is 58.9 Å². The van der Waals surface area contributed by atoms with Crippen LogP contribution in [-0.4, -0.2) is 136 Å². The molecule has 15 nitrogen and oxygen atoms in total. The van der Waals surface area contributed by atoms with Crippen LogP contribution in [0.5, 0.6) is 0 Å². The van der Waals surface area contributed by atoms with E-state index in [1.54, 1.807) is 0 Å². The highest BCUT2D eigenvalue weighted by molar-refractivity contribution is 7.52. The largest absolute Gasteiger partial charge is 0.379 e. The van der Waals surface area contributed by atoms with Crippen molar-refractivity contribution in [2.45, 2.75) is 17.5 Å². The van der Waals surface area contributed by atoms with E-state index < -0.39 is 60.0 Å². The van der Waals surface area contributed by atoms with Gasteiger partial charge in [-0.15, -0.1) is 0 Å². The number of rotatable bonds is 9. The van der Waals surface area contributed by atoms with Crippen molar-refractivity contribution < 1.29 is 58.4 Å². The van der Waals surface area contributed by atoms with Crippen LogP contribution < -0.4 is 0 Å². The monoisotopic (exact) mass is 501 g/mol. The molecule has 0 aliphatic carbocycles. The lowest BCUT2D eigenvalue weighted by atomic mass is 10.4. The zero-order chi connectivity index (χ0) is 23.3. The molecule has 0 amide bonds. The van der Waals surface area contributed by atoms with Gasteiger partial charge in [-0.1, -0.05) is 0 Å². The van der Waals surface area contributed by atoms with E-state index in [1.165, 1.54) is 14.7 Å². The molecule has 0 radical (unpaired) electrons. The van der Waals surface area contributed by atoms with Crippen LogP contribution >= 0.6 is 22.8 Å². The fraction of sp³-hybridized carbons (Fsp3) is 1.00. The topological polar surface area (TPSA) is 243 Å². The van der Waals surface area contributed by atoms with Crippen molar-refractivity contribution in [3.05, 3.63) is 0 Å². The zero-order valence-corrected chi connectivity index (χ0v) is 18.7. The van der Waals surface area contributed by atoms with Gasteiger partial charge in [-0.25, -0.2) is 0 Å². The molecule has 1 aliphatic rings.